The average molecular weight is 136 g/mol. The second-order valence-corrected chi connectivity index (χ2v) is 1.66. The summed E-state index contributed by atoms with van der Waals surface area (Å²) in [6, 6.07) is 0. The maximum atomic E-state index is 3.91. The number of imidazole rings is 1. The predicted molar refractivity (Wildman–Crippen MR) is 38.4 cm³/mol. The van der Waals surface area contributed by atoms with E-state index in [4.69, 9.17) is 0 Å². The predicted octanol–water partition coefficient (Wildman–Crippen LogP) is 0.989. The molecule has 0 aromatic carbocycles. The number of aromatic nitrogens is 4. The zero-order valence-electron chi connectivity index (χ0n) is 4.57. The van der Waals surface area contributed by atoms with E-state index in [2.05, 4.69) is 19.9 Å². The van der Waals surface area contributed by atoms with Gasteiger partial charge in [0.25, 0.3) is 0 Å². The summed E-state index contributed by atoms with van der Waals surface area (Å²) in [6.45, 7) is 0. The van der Waals surface area contributed by atoms with Crippen LogP contribution in [0.3, 0.4) is 0 Å². The van der Waals surface area contributed by atoms with Crippen molar-refractivity contribution < 1.29 is 0 Å². The van der Waals surface area contributed by atoms with E-state index in [1.807, 2.05) is 0 Å². The molecule has 0 aliphatic carbocycles. The van der Waals surface area contributed by atoms with Gasteiger partial charge in [0.05, 0.1) is 12.5 Å². The second kappa shape index (κ2) is 2.43. The summed E-state index contributed by atoms with van der Waals surface area (Å²) in [7, 11) is 0. The lowest BCUT2D eigenvalue weighted by Crippen LogP contribution is -1.76. The van der Waals surface area contributed by atoms with Gasteiger partial charge in [-0.2, -0.15) is 0 Å². The van der Waals surface area contributed by atoms with Crippen LogP contribution in [0.1, 0.15) is 7.43 Å². The lowest BCUT2D eigenvalue weighted by Gasteiger charge is -1.80. The maximum Gasteiger partial charge on any atom is 0.180 e. The van der Waals surface area contributed by atoms with Crippen molar-refractivity contribution in [1.82, 2.24) is 19.9 Å². The standard InChI is InChI=1S/C5H4N4.CH4/c1-4-5(8-2-6-1)9-3-7-4;/h1-3H,(H,6,7,8,9);1H4. The molecule has 0 atom stereocenters. The molecular weight excluding hydrogens is 128 g/mol. The minimum Gasteiger partial charge on any atom is -0.342 e. The number of fused-ring (bicyclic) bond motifs is 1. The van der Waals surface area contributed by atoms with Crippen LogP contribution < -0.4 is 0 Å². The zero-order chi connectivity index (χ0) is 6.10. The molecular formula is C6H8N4. The summed E-state index contributed by atoms with van der Waals surface area (Å²) in [4.78, 5) is 14.5. The third kappa shape index (κ3) is 0.834. The van der Waals surface area contributed by atoms with Gasteiger partial charge < -0.3 is 4.98 Å². The highest BCUT2D eigenvalue weighted by atomic mass is 15.0. The smallest absolute Gasteiger partial charge is 0.180 e. The molecule has 2 aromatic heterocycles. The molecule has 0 amide bonds. The van der Waals surface area contributed by atoms with Crippen molar-refractivity contribution in [2.45, 2.75) is 7.43 Å². The summed E-state index contributed by atoms with van der Waals surface area (Å²) in [5.74, 6) is 0. The molecule has 0 bridgehead atoms. The van der Waals surface area contributed by atoms with Crippen LogP contribution >= 0.6 is 0 Å². The first-order chi connectivity index (χ1) is 4.47. The average Bonchev–Trinajstić information content (AvgIpc) is 2.33. The molecule has 2 rings (SSSR count). The Bertz CT molecular complexity index is 284. The van der Waals surface area contributed by atoms with Crippen molar-refractivity contribution in [2.24, 2.45) is 0 Å². The first-order valence-electron chi connectivity index (χ1n) is 2.56. The summed E-state index contributed by atoms with van der Waals surface area (Å²) in [5, 5.41) is 0. The maximum absolute atomic E-state index is 3.91. The number of aromatic amines is 1. The summed E-state index contributed by atoms with van der Waals surface area (Å²) in [5.41, 5.74) is 1.59. The van der Waals surface area contributed by atoms with Gasteiger partial charge >= 0.3 is 0 Å². The van der Waals surface area contributed by atoms with E-state index in [0.717, 1.165) is 5.52 Å². The second-order valence-electron chi connectivity index (χ2n) is 1.66. The zero-order valence-corrected chi connectivity index (χ0v) is 4.57. The van der Waals surface area contributed by atoms with Gasteiger partial charge in [-0.1, -0.05) is 7.43 Å². The Morgan fingerprint density at radius 3 is 3.00 bits per heavy atom. The number of hydrogen-bond acceptors (Lipinski definition) is 3. The minimum absolute atomic E-state index is 0. The number of hydrogen-bond donors (Lipinski definition) is 1. The van der Waals surface area contributed by atoms with Crippen molar-refractivity contribution in [3.05, 3.63) is 18.9 Å². The molecule has 2 aromatic rings. The molecule has 0 spiro atoms. The summed E-state index contributed by atoms with van der Waals surface area (Å²) >= 11 is 0. The highest BCUT2D eigenvalue weighted by molar-refractivity contribution is 5.67. The number of nitrogens with zero attached hydrogens (tertiary/aromatic N) is 3. The van der Waals surface area contributed by atoms with Crippen LogP contribution in [0.15, 0.2) is 18.9 Å². The van der Waals surface area contributed by atoms with Gasteiger partial charge in [0.15, 0.2) is 5.65 Å². The van der Waals surface area contributed by atoms with E-state index in [1.54, 1.807) is 12.5 Å². The Kier molecular flexibility index (Phi) is 1.62. The normalized spacial score (nSPS) is 9.20. The van der Waals surface area contributed by atoms with Crippen LogP contribution in [-0.4, -0.2) is 19.9 Å². The monoisotopic (exact) mass is 136 g/mol. The Labute approximate surface area is 58.4 Å². The summed E-state index contributed by atoms with van der Waals surface area (Å²) < 4.78 is 0. The van der Waals surface area contributed by atoms with E-state index in [9.17, 15) is 0 Å². The molecule has 1 N–H and O–H groups in total. The third-order valence-electron chi connectivity index (χ3n) is 1.10. The molecule has 0 fully saturated rings. The van der Waals surface area contributed by atoms with Crippen molar-refractivity contribution in [3.8, 4) is 0 Å². The highest BCUT2D eigenvalue weighted by Gasteiger charge is 1.91. The molecule has 10 heavy (non-hydrogen) atoms. The van der Waals surface area contributed by atoms with Gasteiger partial charge in [0.2, 0.25) is 0 Å². The summed E-state index contributed by atoms with van der Waals surface area (Å²) in [6.07, 6.45) is 4.76. The third-order valence-corrected chi connectivity index (χ3v) is 1.10. The van der Waals surface area contributed by atoms with E-state index >= 15 is 0 Å². The van der Waals surface area contributed by atoms with Gasteiger partial charge in [0.1, 0.15) is 11.8 Å². The van der Waals surface area contributed by atoms with Gasteiger partial charge in [0, 0.05) is 0 Å². The largest absolute Gasteiger partial charge is 0.342 e. The van der Waals surface area contributed by atoms with Gasteiger partial charge in [-0.15, -0.1) is 0 Å². The lowest BCUT2D eigenvalue weighted by atomic mass is 10.6. The lowest BCUT2D eigenvalue weighted by molar-refractivity contribution is 1.20. The van der Waals surface area contributed by atoms with E-state index in [-0.39, 0.29) is 7.43 Å². The van der Waals surface area contributed by atoms with Crippen LogP contribution in [-0.2, 0) is 0 Å². The Hall–Kier alpha value is -1.45. The molecule has 0 unspecified atom stereocenters. The van der Waals surface area contributed by atoms with E-state index in [1.165, 1.54) is 6.33 Å². The SMILES string of the molecule is C.c1ncc2[nH]cnc2n1. The molecule has 4 nitrogen and oxygen atoms in total. The molecule has 52 valence electrons. The molecule has 0 saturated carbocycles. The number of H-pyrrole nitrogens is 1. The van der Waals surface area contributed by atoms with Crippen molar-refractivity contribution >= 4 is 11.2 Å². The number of nitrogens with one attached hydrogen (secondary N) is 1. The van der Waals surface area contributed by atoms with Gasteiger partial charge in [-0.25, -0.2) is 15.0 Å². The van der Waals surface area contributed by atoms with Crippen molar-refractivity contribution in [1.29, 1.82) is 0 Å². The Morgan fingerprint density at radius 2 is 2.20 bits per heavy atom. The highest BCUT2D eigenvalue weighted by Crippen LogP contribution is 1.99. The van der Waals surface area contributed by atoms with Crippen molar-refractivity contribution in [3.63, 3.8) is 0 Å². The number of rotatable bonds is 0. The fourth-order valence-electron chi connectivity index (χ4n) is 0.691. The fourth-order valence-corrected chi connectivity index (χ4v) is 0.691. The van der Waals surface area contributed by atoms with E-state index < -0.39 is 0 Å². The van der Waals surface area contributed by atoms with Crippen LogP contribution in [0.2, 0.25) is 0 Å². The molecule has 4 heteroatoms. The van der Waals surface area contributed by atoms with Gasteiger partial charge in [-0.05, 0) is 0 Å². The molecule has 0 radical (unpaired) electrons. The van der Waals surface area contributed by atoms with Crippen LogP contribution in [0.4, 0.5) is 0 Å². The van der Waals surface area contributed by atoms with Crippen LogP contribution in [0, 0.1) is 0 Å². The molecule has 0 saturated heterocycles. The quantitative estimate of drug-likeness (QED) is 0.587. The first kappa shape index (κ1) is 6.67. The fraction of sp³-hybridized carbons (Fsp3) is 0.167. The Balaban J connectivity index is 0.000000500. The first-order valence-corrected chi connectivity index (χ1v) is 2.56. The topological polar surface area (TPSA) is 54.5 Å². The molecule has 2 heterocycles. The van der Waals surface area contributed by atoms with Gasteiger partial charge in [-0.3, -0.25) is 0 Å². The molecule has 0 aliphatic rings. The molecule has 0 aliphatic heterocycles. The van der Waals surface area contributed by atoms with Crippen LogP contribution in [0.25, 0.3) is 11.2 Å². The van der Waals surface area contributed by atoms with Crippen molar-refractivity contribution in [2.75, 3.05) is 0 Å². The van der Waals surface area contributed by atoms with Crippen LogP contribution in [0.5, 0.6) is 0 Å². The Morgan fingerprint density at radius 1 is 1.30 bits per heavy atom. The minimum atomic E-state index is 0. The van der Waals surface area contributed by atoms with E-state index in [0.29, 0.717) is 5.65 Å².